The Kier molecular flexibility index (Phi) is 5.23. The molecule has 1 atom stereocenters. The van der Waals surface area contributed by atoms with Crippen molar-refractivity contribution in [3.8, 4) is 10.6 Å². The van der Waals surface area contributed by atoms with Crippen LogP contribution in [-0.2, 0) is 4.79 Å². The predicted molar refractivity (Wildman–Crippen MR) is 114 cm³/mol. The number of fused-ring (bicyclic) bond motifs is 1. The van der Waals surface area contributed by atoms with Crippen molar-refractivity contribution in [1.82, 2.24) is 10.3 Å². The van der Waals surface area contributed by atoms with Gasteiger partial charge in [-0.05, 0) is 67.9 Å². The van der Waals surface area contributed by atoms with Crippen molar-refractivity contribution < 1.29 is 9.21 Å². The van der Waals surface area contributed by atoms with Gasteiger partial charge in [-0.1, -0.05) is 6.07 Å². The van der Waals surface area contributed by atoms with Crippen LogP contribution in [0, 0.1) is 6.92 Å². The first-order valence-electron chi connectivity index (χ1n) is 9.13. The highest BCUT2D eigenvalue weighted by Gasteiger charge is 2.11. The minimum Gasteiger partial charge on any atom is -0.468 e. The zero-order valence-electron chi connectivity index (χ0n) is 15.7. The van der Waals surface area contributed by atoms with Crippen molar-refractivity contribution in [3.63, 3.8) is 0 Å². The highest BCUT2D eigenvalue weighted by atomic mass is 32.1. The number of nitrogens with zero attached hydrogens (tertiary/aromatic N) is 1. The monoisotopic (exact) mass is 391 g/mol. The number of hydrogen-bond acceptors (Lipinski definition) is 5. The molecule has 4 rings (SSSR count). The molecule has 0 radical (unpaired) electrons. The van der Waals surface area contributed by atoms with E-state index in [2.05, 4.69) is 35.8 Å². The molecule has 28 heavy (non-hydrogen) atoms. The van der Waals surface area contributed by atoms with Gasteiger partial charge in [0.05, 0.1) is 29.1 Å². The molecule has 2 aromatic heterocycles. The lowest BCUT2D eigenvalue weighted by Gasteiger charge is -2.11. The Morgan fingerprint density at radius 3 is 2.75 bits per heavy atom. The van der Waals surface area contributed by atoms with E-state index in [0.29, 0.717) is 0 Å². The number of anilines is 1. The predicted octanol–water partition coefficient (Wildman–Crippen LogP) is 5.15. The fourth-order valence-corrected chi connectivity index (χ4v) is 4.01. The van der Waals surface area contributed by atoms with Crippen LogP contribution in [0.2, 0.25) is 0 Å². The third kappa shape index (κ3) is 4.13. The molecule has 0 fully saturated rings. The van der Waals surface area contributed by atoms with Gasteiger partial charge < -0.3 is 9.73 Å². The summed E-state index contributed by atoms with van der Waals surface area (Å²) in [6.45, 7) is 4.25. The molecular weight excluding hydrogens is 370 g/mol. The molecule has 142 valence electrons. The summed E-state index contributed by atoms with van der Waals surface area (Å²) in [7, 11) is 0. The van der Waals surface area contributed by atoms with E-state index in [-0.39, 0.29) is 18.5 Å². The maximum absolute atomic E-state index is 12.2. The van der Waals surface area contributed by atoms with Crippen LogP contribution in [-0.4, -0.2) is 17.4 Å². The van der Waals surface area contributed by atoms with Crippen molar-refractivity contribution in [2.45, 2.75) is 19.9 Å². The van der Waals surface area contributed by atoms with Gasteiger partial charge in [0.15, 0.2) is 0 Å². The largest absolute Gasteiger partial charge is 0.468 e. The fourth-order valence-electron chi connectivity index (χ4n) is 2.94. The highest BCUT2D eigenvalue weighted by Crippen LogP contribution is 2.31. The van der Waals surface area contributed by atoms with Crippen LogP contribution in [0.5, 0.6) is 0 Å². The zero-order valence-corrected chi connectivity index (χ0v) is 16.5. The zero-order chi connectivity index (χ0) is 19.5. The molecule has 5 nitrogen and oxygen atoms in total. The normalized spacial score (nSPS) is 12.2. The maximum Gasteiger partial charge on any atom is 0.238 e. The number of carbonyl (C=O) groups excluding carboxylic acids is 1. The Bertz CT molecular complexity index is 1080. The van der Waals surface area contributed by atoms with Gasteiger partial charge in [0.25, 0.3) is 0 Å². The number of hydrogen-bond donors (Lipinski definition) is 2. The van der Waals surface area contributed by atoms with Crippen molar-refractivity contribution in [1.29, 1.82) is 0 Å². The minimum atomic E-state index is -0.0957. The molecule has 0 spiro atoms. The summed E-state index contributed by atoms with van der Waals surface area (Å²) in [5, 5.41) is 7.03. The maximum atomic E-state index is 12.2. The summed E-state index contributed by atoms with van der Waals surface area (Å²) in [6, 6.07) is 17.8. The van der Waals surface area contributed by atoms with E-state index in [1.165, 1.54) is 10.3 Å². The fraction of sp³-hybridized carbons (Fsp3) is 0.182. The van der Waals surface area contributed by atoms with Gasteiger partial charge >= 0.3 is 0 Å². The molecule has 0 unspecified atom stereocenters. The van der Waals surface area contributed by atoms with Gasteiger partial charge in [-0.2, -0.15) is 0 Å². The van der Waals surface area contributed by atoms with Crippen LogP contribution in [0.1, 0.15) is 24.3 Å². The van der Waals surface area contributed by atoms with E-state index in [1.807, 2.05) is 43.3 Å². The molecule has 0 aliphatic carbocycles. The molecule has 1 amide bonds. The van der Waals surface area contributed by atoms with Gasteiger partial charge in [0.1, 0.15) is 10.8 Å². The molecule has 2 heterocycles. The average Bonchev–Trinajstić information content (AvgIpc) is 3.36. The number of furan rings is 1. The quantitative estimate of drug-likeness (QED) is 0.477. The summed E-state index contributed by atoms with van der Waals surface area (Å²) in [6.07, 6.45) is 1.63. The SMILES string of the molecule is Cc1ccc2nc(-c3ccc(NC(=O)CN[C@H](C)c4ccco4)cc3)sc2c1. The summed E-state index contributed by atoms with van der Waals surface area (Å²) in [5.74, 6) is 0.713. The molecule has 2 aromatic carbocycles. The van der Waals surface area contributed by atoms with E-state index >= 15 is 0 Å². The van der Waals surface area contributed by atoms with Gasteiger partial charge in [-0.25, -0.2) is 4.98 Å². The molecule has 0 bridgehead atoms. The lowest BCUT2D eigenvalue weighted by Crippen LogP contribution is -2.29. The van der Waals surface area contributed by atoms with Gasteiger partial charge in [0.2, 0.25) is 5.91 Å². The lowest BCUT2D eigenvalue weighted by molar-refractivity contribution is -0.115. The number of aromatic nitrogens is 1. The van der Waals surface area contributed by atoms with Crippen LogP contribution in [0.3, 0.4) is 0 Å². The van der Waals surface area contributed by atoms with Crippen molar-refractivity contribution in [2.75, 3.05) is 11.9 Å². The van der Waals surface area contributed by atoms with E-state index in [4.69, 9.17) is 9.40 Å². The second kappa shape index (κ2) is 7.96. The van der Waals surface area contributed by atoms with Gasteiger partial charge in [0, 0.05) is 11.3 Å². The smallest absolute Gasteiger partial charge is 0.238 e. The molecule has 2 N–H and O–H groups in total. The van der Waals surface area contributed by atoms with Crippen molar-refractivity contribution >= 4 is 33.1 Å². The molecule has 0 aliphatic heterocycles. The number of rotatable bonds is 6. The number of nitrogens with one attached hydrogen (secondary N) is 2. The Balaban J connectivity index is 1.37. The summed E-state index contributed by atoms with van der Waals surface area (Å²) >= 11 is 1.68. The van der Waals surface area contributed by atoms with Gasteiger partial charge in [-0.3, -0.25) is 10.1 Å². The van der Waals surface area contributed by atoms with Gasteiger partial charge in [-0.15, -0.1) is 11.3 Å². The molecule has 0 aliphatic rings. The third-order valence-corrected chi connectivity index (χ3v) is 5.57. The van der Waals surface area contributed by atoms with Crippen LogP contribution in [0.4, 0.5) is 5.69 Å². The highest BCUT2D eigenvalue weighted by molar-refractivity contribution is 7.21. The van der Waals surface area contributed by atoms with E-state index in [9.17, 15) is 4.79 Å². The molecular formula is C22H21N3O2S. The Labute approximate surface area is 167 Å². The Hall–Kier alpha value is -2.96. The average molecular weight is 391 g/mol. The number of amides is 1. The number of benzene rings is 2. The number of thiazole rings is 1. The first-order valence-corrected chi connectivity index (χ1v) is 9.94. The molecule has 6 heteroatoms. The van der Waals surface area contributed by atoms with Crippen LogP contribution in [0.15, 0.2) is 65.3 Å². The standard InChI is InChI=1S/C22H21N3O2S/c1-14-5-10-18-20(12-14)28-22(25-18)16-6-8-17(9-7-16)24-21(26)13-23-15(2)19-4-3-11-27-19/h3-12,15,23H,13H2,1-2H3,(H,24,26)/t15-/m1/s1. The number of carbonyl (C=O) groups is 1. The second-order valence-electron chi connectivity index (χ2n) is 6.73. The Morgan fingerprint density at radius 2 is 2.00 bits per heavy atom. The van der Waals surface area contributed by atoms with E-state index in [0.717, 1.165) is 27.5 Å². The molecule has 4 aromatic rings. The summed E-state index contributed by atoms with van der Waals surface area (Å²) in [4.78, 5) is 16.9. The van der Waals surface area contributed by atoms with Crippen molar-refractivity contribution in [3.05, 3.63) is 72.2 Å². The third-order valence-electron chi connectivity index (χ3n) is 4.50. The second-order valence-corrected chi connectivity index (χ2v) is 7.76. The lowest BCUT2D eigenvalue weighted by atomic mass is 10.2. The first kappa shape index (κ1) is 18.4. The summed E-state index contributed by atoms with van der Waals surface area (Å²) in [5.41, 5.74) is 4.05. The van der Waals surface area contributed by atoms with Crippen molar-refractivity contribution in [2.24, 2.45) is 0 Å². The topological polar surface area (TPSA) is 67.2 Å². The first-order chi connectivity index (χ1) is 13.6. The van der Waals surface area contributed by atoms with E-state index in [1.54, 1.807) is 17.6 Å². The van der Waals surface area contributed by atoms with Crippen LogP contribution in [0.25, 0.3) is 20.8 Å². The molecule has 0 saturated heterocycles. The summed E-state index contributed by atoms with van der Waals surface area (Å²) < 4.78 is 6.51. The molecule has 0 saturated carbocycles. The Morgan fingerprint density at radius 1 is 1.18 bits per heavy atom. The number of aryl methyl sites for hydroxylation is 1. The van der Waals surface area contributed by atoms with Crippen LogP contribution >= 0.6 is 11.3 Å². The van der Waals surface area contributed by atoms with E-state index < -0.39 is 0 Å². The van der Waals surface area contributed by atoms with Crippen LogP contribution < -0.4 is 10.6 Å². The minimum absolute atomic E-state index is 0.0224.